The molecule has 3 aromatic heterocycles. The van der Waals surface area contributed by atoms with Crippen molar-refractivity contribution in [3.63, 3.8) is 0 Å². The molecule has 0 aromatic carbocycles. The summed E-state index contributed by atoms with van der Waals surface area (Å²) in [6.07, 6.45) is 4.74. The Morgan fingerprint density at radius 3 is 3.30 bits per heavy atom. The zero-order valence-electron chi connectivity index (χ0n) is 11.2. The molecular formula is C13H16N6O. The van der Waals surface area contributed by atoms with Crippen molar-refractivity contribution in [2.75, 3.05) is 20.2 Å². The molecule has 2 unspecified atom stereocenters. The van der Waals surface area contributed by atoms with Crippen molar-refractivity contribution in [3.05, 3.63) is 18.5 Å². The Labute approximate surface area is 115 Å². The number of fused-ring (bicyclic) bond motifs is 3. The lowest BCUT2D eigenvalue weighted by atomic mass is 10.0. The lowest BCUT2D eigenvalue weighted by Gasteiger charge is -2.31. The Balaban J connectivity index is 1.92. The molecule has 7 nitrogen and oxygen atoms in total. The summed E-state index contributed by atoms with van der Waals surface area (Å²) in [4.78, 5) is 7.49. The molecule has 0 spiro atoms. The second-order valence-corrected chi connectivity index (χ2v) is 5.10. The molecule has 4 rings (SSSR count). The number of nitrogens with one attached hydrogen (secondary N) is 2. The quantitative estimate of drug-likeness (QED) is 0.723. The van der Waals surface area contributed by atoms with E-state index < -0.39 is 0 Å². The first-order valence-corrected chi connectivity index (χ1v) is 6.79. The van der Waals surface area contributed by atoms with Gasteiger partial charge >= 0.3 is 0 Å². The van der Waals surface area contributed by atoms with E-state index in [0.717, 1.165) is 41.6 Å². The van der Waals surface area contributed by atoms with Gasteiger partial charge in [0, 0.05) is 25.2 Å². The lowest BCUT2D eigenvalue weighted by Crippen LogP contribution is -2.43. The number of ether oxygens (including phenoxy) is 1. The second-order valence-electron chi connectivity index (χ2n) is 5.10. The van der Waals surface area contributed by atoms with Crippen molar-refractivity contribution in [1.82, 2.24) is 30.3 Å². The Hall–Kier alpha value is -1.99. The number of rotatable bonds is 2. The number of nitrogens with zero attached hydrogens (tertiary/aromatic N) is 4. The highest BCUT2D eigenvalue weighted by atomic mass is 16.5. The maximum Gasteiger partial charge on any atom is 0.139 e. The predicted octanol–water partition coefficient (Wildman–Crippen LogP) is 0.857. The van der Waals surface area contributed by atoms with Gasteiger partial charge in [-0.25, -0.2) is 9.67 Å². The van der Waals surface area contributed by atoms with Gasteiger partial charge in [0.05, 0.1) is 18.3 Å². The third kappa shape index (κ3) is 1.63. The van der Waals surface area contributed by atoms with Crippen molar-refractivity contribution < 1.29 is 4.74 Å². The summed E-state index contributed by atoms with van der Waals surface area (Å²) in [6, 6.07) is 2.22. The third-order valence-corrected chi connectivity index (χ3v) is 4.03. The summed E-state index contributed by atoms with van der Waals surface area (Å²) in [5.41, 5.74) is 2.72. The van der Waals surface area contributed by atoms with E-state index in [9.17, 15) is 0 Å². The van der Waals surface area contributed by atoms with E-state index >= 15 is 0 Å². The minimum atomic E-state index is 0.107. The standard InChI is InChI=1S/C13H16N6O/c1-20-11-7-14-4-3-10(11)19-12-8-2-5-15-13(8)16-6-9(12)17-18-19/h2,5-6,10-11,14H,3-4,7H2,1H3,(H,15,16). The van der Waals surface area contributed by atoms with Gasteiger partial charge in [0.2, 0.25) is 0 Å². The van der Waals surface area contributed by atoms with Crippen LogP contribution in [0.4, 0.5) is 0 Å². The van der Waals surface area contributed by atoms with Crippen LogP contribution in [0.5, 0.6) is 0 Å². The third-order valence-electron chi connectivity index (χ3n) is 4.03. The van der Waals surface area contributed by atoms with Crippen molar-refractivity contribution in [1.29, 1.82) is 0 Å². The van der Waals surface area contributed by atoms with Gasteiger partial charge in [-0.3, -0.25) is 0 Å². The van der Waals surface area contributed by atoms with E-state index in [2.05, 4.69) is 25.6 Å². The van der Waals surface area contributed by atoms with E-state index in [4.69, 9.17) is 4.74 Å². The molecular weight excluding hydrogens is 256 g/mol. The van der Waals surface area contributed by atoms with Crippen LogP contribution in [0.25, 0.3) is 22.1 Å². The Kier molecular flexibility index (Phi) is 2.68. The zero-order valence-corrected chi connectivity index (χ0v) is 11.2. The first-order chi connectivity index (χ1) is 9.88. The Morgan fingerprint density at radius 1 is 1.45 bits per heavy atom. The largest absolute Gasteiger partial charge is 0.378 e. The Morgan fingerprint density at radius 2 is 2.40 bits per heavy atom. The van der Waals surface area contributed by atoms with Crippen molar-refractivity contribution in [3.8, 4) is 0 Å². The molecule has 1 aliphatic heterocycles. The average molecular weight is 272 g/mol. The molecule has 2 N–H and O–H groups in total. The average Bonchev–Trinajstić information content (AvgIpc) is 3.12. The number of aromatic nitrogens is 5. The fourth-order valence-electron chi connectivity index (χ4n) is 3.01. The predicted molar refractivity (Wildman–Crippen MR) is 74.5 cm³/mol. The van der Waals surface area contributed by atoms with Gasteiger partial charge in [-0.2, -0.15) is 0 Å². The van der Waals surface area contributed by atoms with E-state index in [0.29, 0.717) is 0 Å². The molecule has 7 heteroatoms. The van der Waals surface area contributed by atoms with Crippen LogP contribution in [0.3, 0.4) is 0 Å². The molecule has 3 aromatic rings. The van der Waals surface area contributed by atoms with E-state index in [1.54, 1.807) is 13.3 Å². The molecule has 0 amide bonds. The van der Waals surface area contributed by atoms with E-state index in [1.807, 2.05) is 16.9 Å². The number of aromatic amines is 1. The molecule has 2 atom stereocenters. The van der Waals surface area contributed by atoms with Gasteiger partial charge in [0.25, 0.3) is 0 Å². The van der Waals surface area contributed by atoms with Crippen LogP contribution >= 0.6 is 0 Å². The molecule has 0 saturated carbocycles. The van der Waals surface area contributed by atoms with E-state index in [-0.39, 0.29) is 12.1 Å². The fourth-order valence-corrected chi connectivity index (χ4v) is 3.01. The molecule has 4 heterocycles. The molecule has 1 fully saturated rings. The van der Waals surface area contributed by atoms with Crippen LogP contribution < -0.4 is 5.32 Å². The van der Waals surface area contributed by atoms with Gasteiger partial charge < -0.3 is 15.0 Å². The highest BCUT2D eigenvalue weighted by Crippen LogP contribution is 2.28. The number of hydrogen-bond acceptors (Lipinski definition) is 5. The second kappa shape index (κ2) is 4.53. The summed E-state index contributed by atoms with van der Waals surface area (Å²) in [7, 11) is 1.75. The minimum Gasteiger partial charge on any atom is -0.378 e. The number of methoxy groups -OCH3 is 1. The first kappa shape index (κ1) is 11.8. The Bertz CT molecular complexity index is 748. The van der Waals surface area contributed by atoms with Crippen molar-refractivity contribution in [2.24, 2.45) is 0 Å². The molecule has 20 heavy (non-hydrogen) atoms. The van der Waals surface area contributed by atoms with Gasteiger partial charge in [-0.15, -0.1) is 5.10 Å². The molecule has 0 aliphatic carbocycles. The first-order valence-electron chi connectivity index (χ1n) is 6.79. The van der Waals surface area contributed by atoms with Crippen LogP contribution in [0.2, 0.25) is 0 Å². The highest BCUT2D eigenvalue weighted by molar-refractivity contribution is 6.00. The lowest BCUT2D eigenvalue weighted by molar-refractivity contribution is 0.0356. The van der Waals surface area contributed by atoms with Crippen LogP contribution in [0, 0.1) is 0 Å². The molecule has 0 bridgehead atoms. The smallest absolute Gasteiger partial charge is 0.139 e. The molecule has 1 aliphatic rings. The minimum absolute atomic E-state index is 0.107. The van der Waals surface area contributed by atoms with Crippen LogP contribution in [0.15, 0.2) is 18.5 Å². The van der Waals surface area contributed by atoms with Gasteiger partial charge in [-0.1, -0.05) is 5.21 Å². The summed E-state index contributed by atoms with van der Waals surface area (Å²) < 4.78 is 7.60. The summed E-state index contributed by atoms with van der Waals surface area (Å²) in [5.74, 6) is 0. The number of pyridine rings is 1. The van der Waals surface area contributed by atoms with Crippen LogP contribution in [-0.4, -0.2) is 51.3 Å². The van der Waals surface area contributed by atoms with Gasteiger partial charge in [0.15, 0.2) is 0 Å². The zero-order chi connectivity index (χ0) is 13.5. The fraction of sp³-hybridized carbons (Fsp3) is 0.462. The summed E-state index contributed by atoms with van der Waals surface area (Å²) >= 11 is 0. The SMILES string of the molecule is COC1CNCCC1n1nnc2cnc3[nH]ccc3c21. The summed E-state index contributed by atoms with van der Waals surface area (Å²) in [5, 5.41) is 13.0. The molecule has 104 valence electrons. The topological polar surface area (TPSA) is 80.7 Å². The number of H-pyrrole nitrogens is 1. The van der Waals surface area contributed by atoms with Gasteiger partial charge in [0.1, 0.15) is 16.7 Å². The van der Waals surface area contributed by atoms with Crippen LogP contribution in [0.1, 0.15) is 12.5 Å². The normalized spacial score (nSPS) is 23.6. The maximum atomic E-state index is 5.60. The van der Waals surface area contributed by atoms with Gasteiger partial charge in [-0.05, 0) is 19.0 Å². The van der Waals surface area contributed by atoms with Crippen LogP contribution in [-0.2, 0) is 4.74 Å². The number of piperidine rings is 1. The monoisotopic (exact) mass is 272 g/mol. The van der Waals surface area contributed by atoms with Crippen molar-refractivity contribution >= 4 is 22.1 Å². The summed E-state index contributed by atoms with van der Waals surface area (Å²) in [6.45, 7) is 1.80. The molecule has 0 radical (unpaired) electrons. The van der Waals surface area contributed by atoms with Crippen molar-refractivity contribution in [2.45, 2.75) is 18.6 Å². The highest BCUT2D eigenvalue weighted by Gasteiger charge is 2.29. The number of hydrogen-bond donors (Lipinski definition) is 2. The maximum absolute atomic E-state index is 5.60. The molecule has 1 saturated heterocycles. The van der Waals surface area contributed by atoms with E-state index in [1.165, 1.54) is 0 Å².